The van der Waals surface area contributed by atoms with Gasteiger partial charge in [-0.1, -0.05) is 67.8 Å². The number of benzene rings is 2. The number of ether oxygens (including phenoxy) is 1. The molecule has 0 aromatic heterocycles. The molecule has 2 aliphatic rings. The quantitative estimate of drug-likeness (QED) is 0.568. The third-order valence-corrected chi connectivity index (χ3v) is 6.57. The Hall–Kier alpha value is -2.82. The van der Waals surface area contributed by atoms with E-state index in [1.54, 1.807) is 0 Å². The molecule has 1 saturated carbocycles. The zero-order chi connectivity index (χ0) is 21.0. The number of carbonyl (C=O) groups excluding carboxylic acids is 1. The van der Waals surface area contributed by atoms with Crippen molar-refractivity contribution in [3.8, 4) is 11.1 Å². The van der Waals surface area contributed by atoms with Crippen LogP contribution in [0.1, 0.15) is 68.4 Å². The number of hydrogen-bond acceptors (Lipinski definition) is 3. The minimum atomic E-state index is -0.764. The molecule has 0 heterocycles. The number of carbonyl (C=O) groups is 2. The highest BCUT2D eigenvalue weighted by Crippen LogP contribution is 2.44. The first-order valence-electron chi connectivity index (χ1n) is 10.9. The van der Waals surface area contributed by atoms with E-state index in [9.17, 15) is 9.59 Å². The van der Waals surface area contributed by atoms with E-state index in [1.807, 2.05) is 24.3 Å². The number of aliphatic carboxylic acids is 1. The fourth-order valence-corrected chi connectivity index (χ4v) is 5.08. The molecule has 5 nitrogen and oxygen atoms in total. The fraction of sp³-hybridized carbons (Fsp3) is 0.440. The van der Waals surface area contributed by atoms with Gasteiger partial charge in [0.1, 0.15) is 6.61 Å². The molecule has 1 fully saturated rings. The van der Waals surface area contributed by atoms with E-state index in [2.05, 4.69) is 29.6 Å². The van der Waals surface area contributed by atoms with Gasteiger partial charge in [-0.3, -0.25) is 4.79 Å². The van der Waals surface area contributed by atoms with Gasteiger partial charge in [-0.25, -0.2) is 4.79 Å². The van der Waals surface area contributed by atoms with Crippen molar-refractivity contribution in [2.75, 3.05) is 6.61 Å². The molecule has 0 atom stereocenters. The highest BCUT2D eigenvalue weighted by Gasteiger charge is 2.36. The molecular weight excluding hydrogens is 378 g/mol. The van der Waals surface area contributed by atoms with Gasteiger partial charge in [0.05, 0.1) is 0 Å². The molecule has 0 unspecified atom stereocenters. The smallest absolute Gasteiger partial charge is 0.407 e. The molecule has 158 valence electrons. The maximum Gasteiger partial charge on any atom is 0.407 e. The maximum atomic E-state index is 12.7. The number of nitrogens with one attached hydrogen (secondary N) is 1. The number of alkyl carbamates (subject to hydrolysis) is 1. The molecule has 2 aromatic rings. The molecule has 0 aliphatic heterocycles. The van der Waals surface area contributed by atoms with Crippen molar-refractivity contribution >= 4 is 12.1 Å². The van der Waals surface area contributed by atoms with Gasteiger partial charge < -0.3 is 15.2 Å². The van der Waals surface area contributed by atoms with Crippen LogP contribution in [0, 0.1) is 0 Å². The molecule has 5 heteroatoms. The number of hydrogen-bond donors (Lipinski definition) is 2. The molecule has 0 radical (unpaired) electrons. The maximum absolute atomic E-state index is 12.7. The van der Waals surface area contributed by atoms with Gasteiger partial charge in [-0.15, -0.1) is 0 Å². The normalized spacial score (nSPS) is 16.7. The van der Waals surface area contributed by atoms with Crippen molar-refractivity contribution in [2.24, 2.45) is 0 Å². The standard InChI is InChI=1S/C25H29NO4/c27-23(28)13-5-6-14-25(15-7-8-16-25)26-24(29)30-17-22-20-11-3-1-9-18(20)19-10-2-4-12-21(19)22/h1-4,9-12,22H,5-8,13-17H2,(H,26,29)(H,27,28). The zero-order valence-electron chi connectivity index (χ0n) is 17.2. The van der Waals surface area contributed by atoms with Crippen molar-refractivity contribution < 1.29 is 19.4 Å². The predicted octanol–water partition coefficient (Wildman–Crippen LogP) is 5.48. The summed E-state index contributed by atoms with van der Waals surface area (Å²) in [5, 5.41) is 12.0. The van der Waals surface area contributed by atoms with Crippen LogP contribution >= 0.6 is 0 Å². The number of carboxylic acid groups (broad SMARTS) is 1. The third kappa shape index (κ3) is 4.35. The molecule has 0 bridgehead atoms. The molecule has 2 N–H and O–H groups in total. The van der Waals surface area contributed by atoms with E-state index in [0.29, 0.717) is 13.0 Å². The first kappa shape index (κ1) is 20.5. The Morgan fingerprint density at radius 1 is 0.967 bits per heavy atom. The highest BCUT2D eigenvalue weighted by atomic mass is 16.5. The van der Waals surface area contributed by atoms with Crippen LogP contribution in [0.2, 0.25) is 0 Å². The second-order valence-corrected chi connectivity index (χ2v) is 8.54. The van der Waals surface area contributed by atoms with Crippen LogP contribution in [0.3, 0.4) is 0 Å². The summed E-state index contributed by atoms with van der Waals surface area (Å²) >= 11 is 0. The number of fused-ring (bicyclic) bond motifs is 3. The Morgan fingerprint density at radius 3 is 2.17 bits per heavy atom. The summed E-state index contributed by atoms with van der Waals surface area (Å²) in [7, 11) is 0. The SMILES string of the molecule is O=C(O)CCCCC1(NC(=O)OCC2c3ccccc3-c3ccccc32)CCCC1. The molecule has 30 heavy (non-hydrogen) atoms. The second kappa shape index (κ2) is 8.90. The van der Waals surface area contributed by atoms with Gasteiger partial charge in [-0.2, -0.15) is 0 Å². The number of rotatable bonds is 8. The van der Waals surface area contributed by atoms with Crippen LogP contribution in [-0.4, -0.2) is 29.3 Å². The summed E-state index contributed by atoms with van der Waals surface area (Å²) in [6, 6.07) is 16.6. The molecule has 2 aromatic carbocycles. The average Bonchev–Trinajstić information content (AvgIpc) is 3.33. The number of unbranched alkanes of at least 4 members (excludes halogenated alkanes) is 1. The summed E-state index contributed by atoms with van der Waals surface area (Å²) in [6.45, 7) is 0.314. The lowest BCUT2D eigenvalue weighted by atomic mass is 9.90. The van der Waals surface area contributed by atoms with Gasteiger partial charge in [0.15, 0.2) is 0 Å². The van der Waals surface area contributed by atoms with Crippen molar-refractivity contribution in [1.29, 1.82) is 0 Å². The Labute approximate surface area is 177 Å². The Kier molecular flexibility index (Phi) is 6.07. The lowest BCUT2D eigenvalue weighted by Gasteiger charge is -2.30. The molecule has 0 saturated heterocycles. The third-order valence-electron chi connectivity index (χ3n) is 6.57. The summed E-state index contributed by atoms with van der Waals surface area (Å²) in [6.07, 6.45) is 6.11. The van der Waals surface area contributed by atoms with Crippen LogP contribution in [0.15, 0.2) is 48.5 Å². The van der Waals surface area contributed by atoms with Gasteiger partial charge in [0.25, 0.3) is 0 Å². The summed E-state index contributed by atoms with van der Waals surface area (Å²) in [5.41, 5.74) is 4.59. The largest absolute Gasteiger partial charge is 0.481 e. The second-order valence-electron chi connectivity index (χ2n) is 8.54. The number of carboxylic acids is 1. The van der Waals surface area contributed by atoms with Gasteiger partial charge in [0.2, 0.25) is 0 Å². The fourth-order valence-electron chi connectivity index (χ4n) is 5.08. The molecule has 1 amide bonds. The van der Waals surface area contributed by atoms with E-state index in [1.165, 1.54) is 22.3 Å². The summed E-state index contributed by atoms with van der Waals surface area (Å²) < 4.78 is 5.73. The van der Waals surface area contributed by atoms with Gasteiger partial charge in [0, 0.05) is 17.9 Å². The lowest BCUT2D eigenvalue weighted by Crippen LogP contribution is -2.46. The molecule has 4 rings (SSSR count). The minimum Gasteiger partial charge on any atom is -0.481 e. The minimum absolute atomic E-state index is 0.0539. The first-order valence-corrected chi connectivity index (χ1v) is 10.9. The van der Waals surface area contributed by atoms with Crippen molar-refractivity contribution in [2.45, 2.75) is 62.8 Å². The van der Waals surface area contributed by atoms with E-state index < -0.39 is 5.97 Å². The van der Waals surface area contributed by atoms with Crippen molar-refractivity contribution in [3.63, 3.8) is 0 Å². The van der Waals surface area contributed by atoms with E-state index in [-0.39, 0.29) is 24.0 Å². The Balaban J connectivity index is 1.38. The van der Waals surface area contributed by atoms with Crippen LogP contribution < -0.4 is 5.32 Å². The molecular formula is C25H29NO4. The van der Waals surface area contributed by atoms with Crippen molar-refractivity contribution in [3.05, 3.63) is 59.7 Å². The van der Waals surface area contributed by atoms with Crippen LogP contribution in [-0.2, 0) is 9.53 Å². The monoisotopic (exact) mass is 407 g/mol. The van der Waals surface area contributed by atoms with E-state index >= 15 is 0 Å². The van der Waals surface area contributed by atoms with Gasteiger partial charge >= 0.3 is 12.1 Å². The zero-order valence-corrected chi connectivity index (χ0v) is 17.2. The van der Waals surface area contributed by atoms with Crippen LogP contribution in [0.25, 0.3) is 11.1 Å². The van der Waals surface area contributed by atoms with Crippen LogP contribution in [0.5, 0.6) is 0 Å². The topological polar surface area (TPSA) is 75.6 Å². The molecule has 2 aliphatic carbocycles. The average molecular weight is 408 g/mol. The summed E-state index contributed by atoms with van der Waals surface area (Å²) in [4.78, 5) is 23.4. The Bertz CT molecular complexity index is 871. The highest BCUT2D eigenvalue weighted by molar-refractivity contribution is 5.79. The van der Waals surface area contributed by atoms with Crippen molar-refractivity contribution in [1.82, 2.24) is 5.32 Å². The molecule has 0 spiro atoms. The lowest BCUT2D eigenvalue weighted by molar-refractivity contribution is -0.137. The predicted molar refractivity (Wildman–Crippen MR) is 116 cm³/mol. The van der Waals surface area contributed by atoms with E-state index in [0.717, 1.165) is 38.5 Å². The van der Waals surface area contributed by atoms with Crippen LogP contribution in [0.4, 0.5) is 4.79 Å². The van der Waals surface area contributed by atoms with E-state index in [4.69, 9.17) is 9.84 Å². The van der Waals surface area contributed by atoms with Gasteiger partial charge in [-0.05, 0) is 47.9 Å². The Morgan fingerprint density at radius 2 is 1.57 bits per heavy atom. The first-order chi connectivity index (χ1) is 14.6. The number of amides is 1. The summed E-state index contributed by atoms with van der Waals surface area (Å²) in [5.74, 6) is -0.710.